The van der Waals surface area contributed by atoms with Crippen LogP contribution in [-0.2, 0) is 11.2 Å². The van der Waals surface area contributed by atoms with E-state index in [-0.39, 0.29) is 23.8 Å². The molecule has 4 N–H and O–H groups in total. The molecule has 1 fully saturated rings. The Morgan fingerprint density at radius 3 is 2.76 bits per heavy atom. The van der Waals surface area contributed by atoms with E-state index in [4.69, 9.17) is 10.5 Å². The monoisotopic (exact) mass is 453 g/mol. The minimum Gasteiger partial charge on any atom is -0.410 e. The zero-order chi connectivity index (χ0) is 23.5. The van der Waals surface area contributed by atoms with E-state index in [9.17, 15) is 23.6 Å². The number of aromatic amines is 1. The van der Waals surface area contributed by atoms with Crippen molar-refractivity contribution in [3.05, 3.63) is 59.8 Å². The Labute approximate surface area is 187 Å². The second kappa shape index (κ2) is 9.26. The molecule has 8 nitrogen and oxygen atoms in total. The third-order valence-corrected chi connectivity index (χ3v) is 5.50. The summed E-state index contributed by atoms with van der Waals surface area (Å²) >= 11 is 0. The van der Waals surface area contributed by atoms with Crippen molar-refractivity contribution in [3.63, 3.8) is 0 Å². The van der Waals surface area contributed by atoms with Crippen molar-refractivity contribution >= 4 is 28.6 Å². The zero-order valence-corrected chi connectivity index (χ0v) is 17.5. The molecule has 2 aromatic carbocycles. The van der Waals surface area contributed by atoms with E-state index in [0.29, 0.717) is 24.4 Å². The van der Waals surface area contributed by atoms with E-state index in [1.54, 1.807) is 24.4 Å². The number of carbonyl (C=O) groups is 2. The summed E-state index contributed by atoms with van der Waals surface area (Å²) in [7, 11) is 0. The molecule has 4 rings (SSSR count). The van der Waals surface area contributed by atoms with E-state index >= 15 is 0 Å². The first-order valence-electron chi connectivity index (χ1n) is 10.3. The number of nitrogens with one attached hydrogen (secondary N) is 2. The van der Waals surface area contributed by atoms with Crippen molar-refractivity contribution in [1.29, 1.82) is 5.26 Å². The summed E-state index contributed by atoms with van der Waals surface area (Å²) in [6.07, 6.45) is 2.45. The maximum absolute atomic E-state index is 13.3. The highest BCUT2D eigenvalue weighted by atomic mass is 19.1. The van der Waals surface area contributed by atoms with Gasteiger partial charge in [0.05, 0.1) is 12.1 Å². The fourth-order valence-electron chi connectivity index (χ4n) is 3.97. The molecule has 10 heteroatoms. The lowest BCUT2D eigenvalue weighted by Crippen LogP contribution is -2.46. The second-order valence-corrected chi connectivity index (χ2v) is 7.82. The molecule has 1 saturated heterocycles. The number of benzene rings is 2. The summed E-state index contributed by atoms with van der Waals surface area (Å²) in [5, 5.41) is 12.2. The van der Waals surface area contributed by atoms with Crippen LogP contribution in [0.4, 0.5) is 19.3 Å². The van der Waals surface area contributed by atoms with Gasteiger partial charge in [-0.1, -0.05) is 0 Å². The topological polar surface area (TPSA) is 124 Å². The standard InChI is InChI=1S/C23H21F2N5O3/c24-14-7-15(25)9-16(8-14)29-23(32)33-18-3-4-21-19(10-18)13(12-28-21)6-20(27)22(31)30-5-1-2-17(30)11-26/h3-4,7-10,12,17,20,28H,1-2,5-6,27H2,(H,29,32)/t17-,20-/m0/s1. The first-order valence-corrected chi connectivity index (χ1v) is 10.3. The number of anilines is 1. The van der Waals surface area contributed by atoms with Crippen LogP contribution in [0.25, 0.3) is 10.9 Å². The Kier molecular flexibility index (Phi) is 6.24. The Morgan fingerprint density at radius 1 is 1.27 bits per heavy atom. The molecule has 33 heavy (non-hydrogen) atoms. The van der Waals surface area contributed by atoms with Crippen molar-refractivity contribution in [3.8, 4) is 11.8 Å². The van der Waals surface area contributed by atoms with E-state index in [1.807, 2.05) is 0 Å². The number of nitrogens with zero attached hydrogens (tertiary/aromatic N) is 2. The van der Waals surface area contributed by atoms with Gasteiger partial charge in [0, 0.05) is 35.4 Å². The first kappa shape index (κ1) is 22.2. The lowest BCUT2D eigenvalue weighted by atomic mass is 10.0. The molecule has 1 aliphatic heterocycles. The third kappa shape index (κ3) is 4.94. The van der Waals surface area contributed by atoms with Gasteiger partial charge < -0.3 is 20.4 Å². The van der Waals surface area contributed by atoms with E-state index in [1.165, 1.54) is 4.90 Å². The highest BCUT2D eigenvalue weighted by Gasteiger charge is 2.31. The zero-order valence-electron chi connectivity index (χ0n) is 17.5. The third-order valence-electron chi connectivity index (χ3n) is 5.50. The number of halogens is 2. The number of fused-ring (bicyclic) bond motifs is 1. The predicted molar refractivity (Wildman–Crippen MR) is 116 cm³/mol. The van der Waals surface area contributed by atoms with Crippen molar-refractivity contribution in [1.82, 2.24) is 9.88 Å². The van der Waals surface area contributed by atoms with Gasteiger partial charge in [0.25, 0.3) is 0 Å². The maximum Gasteiger partial charge on any atom is 0.417 e. The van der Waals surface area contributed by atoms with Crippen LogP contribution in [-0.4, -0.2) is 40.5 Å². The Bertz CT molecular complexity index is 1230. The molecule has 1 aromatic heterocycles. The highest BCUT2D eigenvalue weighted by molar-refractivity contribution is 5.89. The van der Waals surface area contributed by atoms with Crippen LogP contribution in [0.15, 0.2) is 42.6 Å². The maximum atomic E-state index is 13.3. The molecule has 170 valence electrons. The van der Waals surface area contributed by atoms with Crippen LogP contribution >= 0.6 is 0 Å². The fourth-order valence-corrected chi connectivity index (χ4v) is 3.97. The predicted octanol–water partition coefficient (Wildman–Crippen LogP) is 3.44. The number of nitrogens with two attached hydrogens (primary N) is 1. The molecular weight excluding hydrogens is 432 g/mol. The summed E-state index contributed by atoms with van der Waals surface area (Å²) in [6, 6.07) is 8.35. The van der Waals surface area contributed by atoms with Crippen LogP contribution in [0, 0.1) is 23.0 Å². The Hall–Kier alpha value is -3.97. The van der Waals surface area contributed by atoms with Gasteiger partial charge in [-0.2, -0.15) is 5.26 Å². The second-order valence-electron chi connectivity index (χ2n) is 7.82. The number of nitriles is 1. The average Bonchev–Trinajstić information content (AvgIpc) is 3.39. The summed E-state index contributed by atoms with van der Waals surface area (Å²) < 4.78 is 31.8. The fraction of sp³-hybridized carbons (Fsp3) is 0.261. The number of ether oxygens (including phenoxy) is 1. The van der Waals surface area contributed by atoms with Gasteiger partial charge in [-0.25, -0.2) is 13.6 Å². The number of likely N-dealkylation sites (tertiary alicyclic amines) is 1. The molecule has 2 amide bonds. The number of hydrogen-bond donors (Lipinski definition) is 3. The van der Waals surface area contributed by atoms with E-state index in [2.05, 4.69) is 16.4 Å². The number of amides is 2. The first-order chi connectivity index (χ1) is 15.8. The molecule has 0 spiro atoms. The van der Waals surface area contributed by atoms with E-state index < -0.39 is 29.8 Å². The Morgan fingerprint density at radius 2 is 2.03 bits per heavy atom. The smallest absolute Gasteiger partial charge is 0.410 e. The number of carbonyl (C=O) groups excluding carboxylic acids is 2. The number of rotatable bonds is 5. The van der Waals surface area contributed by atoms with Gasteiger partial charge in [-0.15, -0.1) is 0 Å². The number of hydrogen-bond acceptors (Lipinski definition) is 5. The van der Waals surface area contributed by atoms with Gasteiger partial charge >= 0.3 is 6.09 Å². The highest BCUT2D eigenvalue weighted by Crippen LogP contribution is 2.26. The lowest BCUT2D eigenvalue weighted by molar-refractivity contribution is -0.132. The summed E-state index contributed by atoms with van der Waals surface area (Å²) in [5.41, 5.74) is 7.57. The Balaban J connectivity index is 1.46. The van der Waals surface area contributed by atoms with Crippen LogP contribution < -0.4 is 15.8 Å². The molecule has 0 radical (unpaired) electrons. The van der Waals surface area contributed by atoms with Crippen LogP contribution in [0.2, 0.25) is 0 Å². The van der Waals surface area contributed by atoms with Crippen molar-refractivity contribution in [2.75, 3.05) is 11.9 Å². The quantitative estimate of drug-likeness (QED) is 0.546. The summed E-state index contributed by atoms with van der Waals surface area (Å²) in [6.45, 7) is 0.515. The molecule has 0 saturated carbocycles. The minimum atomic E-state index is -0.917. The molecular formula is C23H21F2N5O3. The normalized spacial score (nSPS) is 16.4. The molecule has 0 bridgehead atoms. The number of aromatic nitrogens is 1. The van der Waals surface area contributed by atoms with E-state index in [0.717, 1.165) is 29.6 Å². The van der Waals surface area contributed by atoms with Crippen molar-refractivity contribution < 1.29 is 23.1 Å². The van der Waals surface area contributed by atoms with Gasteiger partial charge in [-0.3, -0.25) is 10.1 Å². The van der Waals surface area contributed by atoms with Gasteiger partial charge in [-0.05, 0) is 55.2 Å². The van der Waals surface area contributed by atoms with Gasteiger partial charge in [0.1, 0.15) is 23.4 Å². The van der Waals surface area contributed by atoms with Crippen LogP contribution in [0.3, 0.4) is 0 Å². The van der Waals surface area contributed by atoms with Gasteiger partial charge in [0.15, 0.2) is 0 Å². The van der Waals surface area contributed by atoms with Crippen LogP contribution in [0.1, 0.15) is 18.4 Å². The molecule has 1 aliphatic rings. The molecule has 0 unspecified atom stereocenters. The van der Waals surface area contributed by atoms with Crippen molar-refractivity contribution in [2.24, 2.45) is 5.73 Å². The van der Waals surface area contributed by atoms with Crippen molar-refractivity contribution in [2.45, 2.75) is 31.3 Å². The summed E-state index contributed by atoms with van der Waals surface area (Å²) in [4.78, 5) is 29.5. The minimum absolute atomic E-state index is 0.0806. The molecule has 3 aromatic rings. The SMILES string of the molecule is N#C[C@@H]1CCCN1C(=O)[C@@H](N)Cc1c[nH]c2ccc(OC(=O)Nc3cc(F)cc(F)c3)cc12. The summed E-state index contributed by atoms with van der Waals surface area (Å²) in [5.74, 6) is -1.74. The van der Waals surface area contributed by atoms with Crippen LogP contribution in [0.5, 0.6) is 5.75 Å². The molecule has 2 heterocycles. The number of H-pyrrole nitrogens is 1. The molecule has 0 aliphatic carbocycles. The molecule has 2 atom stereocenters. The average molecular weight is 453 g/mol. The van der Waals surface area contributed by atoms with Gasteiger partial charge in [0.2, 0.25) is 5.91 Å². The largest absolute Gasteiger partial charge is 0.417 e. The lowest BCUT2D eigenvalue weighted by Gasteiger charge is -2.23.